The van der Waals surface area contributed by atoms with Crippen LogP contribution in [0, 0.1) is 11.3 Å². The highest BCUT2D eigenvalue weighted by atomic mass is 35.5. The monoisotopic (exact) mass is 435 g/mol. The first kappa shape index (κ1) is 22.0. The Kier molecular flexibility index (Phi) is 7.74. The van der Waals surface area contributed by atoms with Gasteiger partial charge in [0.2, 0.25) is 0 Å². The molecule has 0 aliphatic heterocycles. The van der Waals surface area contributed by atoms with Gasteiger partial charge in [-0.2, -0.15) is 10.4 Å². The molecule has 7 heteroatoms. The molecule has 3 rings (SSSR count). The summed E-state index contributed by atoms with van der Waals surface area (Å²) >= 11 is 6.15. The summed E-state index contributed by atoms with van der Waals surface area (Å²) in [5, 5.41) is 14.1. The Morgan fingerprint density at radius 3 is 2.55 bits per heavy atom. The van der Waals surface area contributed by atoms with Crippen LogP contribution in [0.3, 0.4) is 0 Å². The number of nitrogens with zero attached hydrogens (tertiary/aromatic N) is 2. The van der Waals surface area contributed by atoms with Gasteiger partial charge in [-0.05, 0) is 42.0 Å². The molecule has 158 valence electrons. The predicted octanol–water partition coefficient (Wildman–Crippen LogP) is 4.93. The van der Waals surface area contributed by atoms with E-state index >= 15 is 0 Å². The standard InChI is InChI=1S/C24H22ClN3O3/c1-29-23-9-7-17(11-24(23)30-2)14-27-28-15-20-12-21(25)8-10-22(20)31-16-19-6-4-3-5-18(19)13-26/h3-12,15,27H,14,16H2,1-2H3/b28-15-. The molecule has 0 aliphatic carbocycles. The molecule has 0 radical (unpaired) electrons. The Morgan fingerprint density at radius 1 is 1.00 bits per heavy atom. The van der Waals surface area contributed by atoms with Crippen LogP contribution in [-0.2, 0) is 13.2 Å². The highest BCUT2D eigenvalue weighted by molar-refractivity contribution is 6.30. The van der Waals surface area contributed by atoms with Gasteiger partial charge < -0.3 is 19.6 Å². The molecule has 0 unspecified atom stereocenters. The van der Waals surface area contributed by atoms with Gasteiger partial charge in [-0.3, -0.25) is 0 Å². The largest absolute Gasteiger partial charge is 0.493 e. The first-order chi connectivity index (χ1) is 15.1. The molecule has 0 aliphatic rings. The second kappa shape index (κ2) is 10.9. The molecule has 0 saturated carbocycles. The first-order valence-corrected chi connectivity index (χ1v) is 9.89. The van der Waals surface area contributed by atoms with Gasteiger partial charge in [0.1, 0.15) is 12.4 Å². The number of hydrazone groups is 1. The summed E-state index contributed by atoms with van der Waals surface area (Å²) in [6, 6.07) is 20.5. The molecule has 0 amide bonds. The van der Waals surface area contributed by atoms with Crippen LogP contribution >= 0.6 is 11.6 Å². The minimum atomic E-state index is 0.269. The summed E-state index contributed by atoms with van der Waals surface area (Å²) < 4.78 is 16.5. The Morgan fingerprint density at radius 2 is 1.77 bits per heavy atom. The molecule has 6 nitrogen and oxygen atoms in total. The van der Waals surface area contributed by atoms with E-state index in [1.54, 1.807) is 44.7 Å². The molecule has 0 saturated heterocycles. The minimum absolute atomic E-state index is 0.269. The lowest BCUT2D eigenvalue weighted by Gasteiger charge is -2.11. The Bertz CT molecular complexity index is 1110. The van der Waals surface area contributed by atoms with Crippen molar-refractivity contribution < 1.29 is 14.2 Å². The zero-order valence-corrected chi connectivity index (χ0v) is 18.0. The molecular formula is C24H22ClN3O3. The van der Waals surface area contributed by atoms with E-state index in [0.717, 1.165) is 16.7 Å². The van der Waals surface area contributed by atoms with E-state index in [1.165, 1.54) is 0 Å². The maximum absolute atomic E-state index is 9.24. The van der Waals surface area contributed by atoms with E-state index in [1.807, 2.05) is 36.4 Å². The number of hydrogen-bond donors (Lipinski definition) is 1. The van der Waals surface area contributed by atoms with Crippen molar-refractivity contribution in [2.24, 2.45) is 5.10 Å². The van der Waals surface area contributed by atoms with Crippen molar-refractivity contribution >= 4 is 17.8 Å². The van der Waals surface area contributed by atoms with Gasteiger partial charge in [-0.1, -0.05) is 35.9 Å². The Hall–Kier alpha value is -3.69. The molecule has 0 spiro atoms. The summed E-state index contributed by atoms with van der Waals surface area (Å²) in [7, 11) is 3.20. The summed E-state index contributed by atoms with van der Waals surface area (Å²) in [6.07, 6.45) is 1.65. The Labute approximate surface area is 186 Å². The van der Waals surface area contributed by atoms with Crippen molar-refractivity contribution in [1.82, 2.24) is 5.43 Å². The third-order valence-corrected chi connectivity index (χ3v) is 4.75. The lowest BCUT2D eigenvalue weighted by molar-refractivity contribution is 0.305. The fraction of sp³-hybridized carbons (Fsp3) is 0.167. The highest BCUT2D eigenvalue weighted by Gasteiger charge is 2.07. The number of halogens is 1. The van der Waals surface area contributed by atoms with Crippen molar-refractivity contribution in [2.45, 2.75) is 13.2 Å². The van der Waals surface area contributed by atoms with Crippen LogP contribution in [0.4, 0.5) is 0 Å². The lowest BCUT2D eigenvalue weighted by atomic mass is 10.1. The van der Waals surface area contributed by atoms with E-state index in [9.17, 15) is 5.26 Å². The number of nitriles is 1. The van der Waals surface area contributed by atoms with Gasteiger partial charge in [-0.15, -0.1) is 0 Å². The highest BCUT2D eigenvalue weighted by Crippen LogP contribution is 2.27. The SMILES string of the molecule is COc1ccc(CN/N=C\c2cc(Cl)ccc2OCc2ccccc2C#N)cc1OC. The van der Waals surface area contributed by atoms with Crippen LogP contribution in [-0.4, -0.2) is 20.4 Å². The molecule has 31 heavy (non-hydrogen) atoms. The fourth-order valence-corrected chi connectivity index (χ4v) is 3.09. The molecule has 0 bridgehead atoms. The number of hydrogen-bond acceptors (Lipinski definition) is 6. The van der Waals surface area contributed by atoms with Crippen LogP contribution in [0.15, 0.2) is 65.8 Å². The first-order valence-electron chi connectivity index (χ1n) is 9.51. The van der Waals surface area contributed by atoms with Gasteiger partial charge in [0.15, 0.2) is 11.5 Å². The van der Waals surface area contributed by atoms with E-state index in [-0.39, 0.29) is 6.61 Å². The Balaban J connectivity index is 1.66. The average Bonchev–Trinajstić information content (AvgIpc) is 2.81. The molecule has 3 aromatic carbocycles. The van der Waals surface area contributed by atoms with E-state index in [4.69, 9.17) is 25.8 Å². The molecule has 0 fully saturated rings. The van der Waals surface area contributed by atoms with Crippen LogP contribution in [0.2, 0.25) is 5.02 Å². The number of benzene rings is 3. The van der Waals surface area contributed by atoms with E-state index < -0.39 is 0 Å². The van der Waals surface area contributed by atoms with Gasteiger partial charge in [0.05, 0.1) is 38.6 Å². The fourth-order valence-electron chi connectivity index (χ4n) is 2.91. The maximum atomic E-state index is 9.24. The van der Waals surface area contributed by atoms with E-state index in [0.29, 0.717) is 34.4 Å². The molecule has 0 atom stereocenters. The average molecular weight is 436 g/mol. The van der Waals surface area contributed by atoms with Crippen molar-refractivity contribution in [2.75, 3.05) is 14.2 Å². The number of nitrogens with one attached hydrogen (secondary N) is 1. The van der Waals surface area contributed by atoms with Crippen LogP contribution < -0.4 is 19.6 Å². The van der Waals surface area contributed by atoms with E-state index in [2.05, 4.69) is 16.6 Å². The van der Waals surface area contributed by atoms with Crippen molar-refractivity contribution in [1.29, 1.82) is 5.26 Å². The molecule has 0 aromatic heterocycles. The maximum Gasteiger partial charge on any atom is 0.161 e. The second-order valence-electron chi connectivity index (χ2n) is 6.52. The van der Waals surface area contributed by atoms with Crippen LogP contribution in [0.5, 0.6) is 17.2 Å². The second-order valence-corrected chi connectivity index (χ2v) is 6.96. The topological polar surface area (TPSA) is 75.9 Å². The third kappa shape index (κ3) is 5.91. The lowest BCUT2D eigenvalue weighted by Crippen LogP contribution is -2.06. The van der Waals surface area contributed by atoms with Crippen molar-refractivity contribution in [3.63, 3.8) is 0 Å². The van der Waals surface area contributed by atoms with Crippen LogP contribution in [0.1, 0.15) is 22.3 Å². The molecule has 1 N–H and O–H groups in total. The van der Waals surface area contributed by atoms with Gasteiger partial charge >= 0.3 is 0 Å². The summed E-state index contributed by atoms with van der Waals surface area (Å²) in [6.45, 7) is 0.772. The van der Waals surface area contributed by atoms with Crippen molar-refractivity contribution in [3.8, 4) is 23.3 Å². The molecule has 3 aromatic rings. The number of ether oxygens (including phenoxy) is 3. The van der Waals surface area contributed by atoms with Gasteiger partial charge in [0, 0.05) is 16.1 Å². The number of methoxy groups -OCH3 is 2. The molecular weight excluding hydrogens is 414 g/mol. The van der Waals surface area contributed by atoms with Gasteiger partial charge in [-0.25, -0.2) is 0 Å². The van der Waals surface area contributed by atoms with Crippen molar-refractivity contribution in [3.05, 3.63) is 87.9 Å². The smallest absolute Gasteiger partial charge is 0.161 e. The summed E-state index contributed by atoms with van der Waals surface area (Å²) in [5.74, 6) is 1.95. The molecule has 0 heterocycles. The third-order valence-electron chi connectivity index (χ3n) is 4.52. The van der Waals surface area contributed by atoms with Crippen LogP contribution in [0.25, 0.3) is 0 Å². The summed E-state index contributed by atoms with van der Waals surface area (Å²) in [5.41, 5.74) is 6.12. The summed E-state index contributed by atoms with van der Waals surface area (Å²) in [4.78, 5) is 0. The number of rotatable bonds is 9. The predicted molar refractivity (Wildman–Crippen MR) is 121 cm³/mol. The zero-order chi connectivity index (χ0) is 22.1. The normalized spacial score (nSPS) is 10.5. The minimum Gasteiger partial charge on any atom is -0.493 e. The quantitative estimate of drug-likeness (QED) is 0.381. The van der Waals surface area contributed by atoms with Gasteiger partial charge in [0.25, 0.3) is 0 Å². The zero-order valence-electron chi connectivity index (χ0n) is 17.3.